The molecule has 3 heteroatoms. The largest absolute Gasteiger partial charge is 0.496 e. The molecule has 16 heavy (non-hydrogen) atoms. The normalized spacial score (nSPS) is 10.9. The minimum absolute atomic E-state index is 0.590. The Morgan fingerprint density at radius 3 is 2.44 bits per heavy atom. The van der Waals surface area contributed by atoms with E-state index in [1.54, 1.807) is 7.11 Å². The van der Waals surface area contributed by atoms with Gasteiger partial charge in [0.1, 0.15) is 5.75 Å². The Morgan fingerprint density at radius 2 is 1.88 bits per heavy atom. The van der Waals surface area contributed by atoms with Crippen molar-refractivity contribution < 1.29 is 4.74 Å². The fourth-order valence-corrected chi connectivity index (χ4v) is 1.64. The van der Waals surface area contributed by atoms with Gasteiger partial charge in [0.2, 0.25) is 0 Å². The molecule has 90 valence electrons. The zero-order valence-electron chi connectivity index (χ0n) is 10.7. The summed E-state index contributed by atoms with van der Waals surface area (Å²) < 4.78 is 5.40. The van der Waals surface area contributed by atoms with Crippen LogP contribution in [0.4, 0.5) is 0 Å². The number of methoxy groups -OCH3 is 1. The second kappa shape index (κ2) is 5.87. The van der Waals surface area contributed by atoms with Gasteiger partial charge in [0, 0.05) is 13.2 Å². The molecular formula is C13H22N2O. The highest BCUT2D eigenvalue weighted by atomic mass is 16.5. The van der Waals surface area contributed by atoms with Crippen LogP contribution >= 0.6 is 0 Å². The molecule has 0 heterocycles. The Balaban J connectivity index is 2.81. The highest BCUT2D eigenvalue weighted by molar-refractivity contribution is 5.41. The lowest BCUT2D eigenvalue weighted by molar-refractivity contribution is 0.344. The number of ether oxygens (including phenoxy) is 1. The van der Waals surface area contributed by atoms with Gasteiger partial charge in [-0.1, -0.05) is 6.07 Å². The predicted octanol–water partition coefficient (Wildman–Crippen LogP) is 1.70. The number of hydrogen-bond donors (Lipinski definition) is 1. The van der Waals surface area contributed by atoms with E-state index in [0.29, 0.717) is 6.67 Å². The number of nitrogens with two attached hydrogens (primary N) is 1. The van der Waals surface area contributed by atoms with E-state index in [9.17, 15) is 0 Å². The molecule has 2 N–H and O–H groups in total. The smallest absolute Gasteiger partial charge is 0.122 e. The van der Waals surface area contributed by atoms with Crippen molar-refractivity contribution in [1.29, 1.82) is 0 Å². The molecule has 1 rings (SSSR count). The van der Waals surface area contributed by atoms with Gasteiger partial charge < -0.3 is 10.5 Å². The van der Waals surface area contributed by atoms with E-state index >= 15 is 0 Å². The van der Waals surface area contributed by atoms with E-state index in [1.165, 1.54) is 16.7 Å². The summed E-state index contributed by atoms with van der Waals surface area (Å²) in [6.45, 7) is 5.78. The predicted molar refractivity (Wildman–Crippen MR) is 67.9 cm³/mol. The van der Waals surface area contributed by atoms with E-state index in [0.717, 1.165) is 18.7 Å². The first kappa shape index (κ1) is 13.0. The van der Waals surface area contributed by atoms with Gasteiger partial charge >= 0.3 is 0 Å². The van der Waals surface area contributed by atoms with Crippen molar-refractivity contribution in [2.45, 2.75) is 20.3 Å². The second-order valence-corrected chi connectivity index (χ2v) is 4.26. The molecule has 0 aliphatic carbocycles. The molecule has 0 bridgehead atoms. The fourth-order valence-electron chi connectivity index (χ4n) is 1.64. The molecule has 1 aromatic carbocycles. The molecule has 3 nitrogen and oxygen atoms in total. The van der Waals surface area contributed by atoms with Crippen LogP contribution in [0.3, 0.4) is 0 Å². The van der Waals surface area contributed by atoms with Gasteiger partial charge in [-0.15, -0.1) is 0 Å². The maximum Gasteiger partial charge on any atom is 0.122 e. The van der Waals surface area contributed by atoms with Crippen LogP contribution in [0.5, 0.6) is 5.75 Å². The number of benzene rings is 1. The summed E-state index contributed by atoms with van der Waals surface area (Å²) in [6.07, 6.45) is 0.970. The maximum absolute atomic E-state index is 5.56. The number of likely N-dealkylation sites (N-methyl/N-ethyl adjacent to an activating group) is 1. The van der Waals surface area contributed by atoms with Crippen LogP contribution in [-0.4, -0.2) is 32.3 Å². The number of hydrogen-bond acceptors (Lipinski definition) is 3. The maximum atomic E-state index is 5.56. The van der Waals surface area contributed by atoms with Crippen LogP contribution in [0.15, 0.2) is 12.1 Å². The third-order valence-electron chi connectivity index (χ3n) is 2.97. The van der Waals surface area contributed by atoms with Gasteiger partial charge in [0.25, 0.3) is 0 Å². The molecule has 0 aliphatic rings. The Morgan fingerprint density at radius 1 is 1.25 bits per heavy atom. The summed E-state index contributed by atoms with van der Waals surface area (Å²) in [5.74, 6) is 0.980. The fraction of sp³-hybridized carbons (Fsp3) is 0.538. The van der Waals surface area contributed by atoms with Gasteiger partial charge in [0.15, 0.2) is 0 Å². The standard InChI is InChI=1S/C13H22N2O/c1-10-7-12(5-6-15(3)9-14)13(16-4)8-11(10)2/h7-8H,5-6,9,14H2,1-4H3. The zero-order chi connectivity index (χ0) is 12.1. The van der Waals surface area contributed by atoms with Crippen molar-refractivity contribution >= 4 is 0 Å². The number of aryl methyl sites for hydroxylation is 2. The third kappa shape index (κ3) is 3.22. The molecule has 0 unspecified atom stereocenters. The highest BCUT2D eigenvalue weighted by Gasteiger charge is 2.06. The molecule has 0 atom stereocenters. The second-order valence-electron chi connectivity index (χ2n) is 4.26. The van der Waals surface area contributed by atoms with E-state index < -0.39 is 0 Å². The van der Waals surface area contributed by atoms with Crippen LogP contribution in [-0.2, 0) is 6.42 Å². The van der Waals surface area contributed by atoms with E-state index in [4.69, 9.17) is 10.5 Å². The van der Waals surface area contributed by atoms with E-state index in [2.05, 4.69) is 30.9 Å². The molecule has 0 fully saturated rings. The summed E-state index contributed by atoms with van der Waals surface area (Å²) in [5, 5.41) is 0. The first-order valence-electron chi connectivity index (χ1n) is 5.61. The summed E-state index contributed by atoms with van der Waals surface area (Å²) in [4.78, 5) is 2.09. The van der Waals surface area contributed by atoms with Crippen molar-refractivity contribution in [2.24, 2.45) is 5.73 Å². The van der Waals surface area contributed by atoms with Crippen molar-refractivity contribution in [2.75, 3.05) is 27.4 Å². The van der Waals surface area contributed by atoms with Crippen LogP contribution < -0.4 is 10.5 Å². The van der Waals surface area contributed by atoms with Gasteiger partial charge in [-0.25, -0.2) is 0 Å². The molecule has 0 spiro atoms. The summed E-state index contributed by atoms with van der Waals surface area (Å²) in [5.41, 5.74) is 9.39. The van der Waals surface area contributed by atoms with Crippen molar-refractivity contribution in [3.05, 3.63) is 28.8 Å². The minimum Gasteiger partial charge on any atom is -0.496 e. The summed E-state index contributed by atoms with van der Waals surface area (Å²) in [7, 11) is 3.74. The van der Waals surface area contributed by atoms with E-state index in [-0.39, 0.29) is 0 Å². The van der Waals surface area contributed by atoms with Crippen LogP contribution in [0.2, 0.25) is 0 Å². The Kier molecular flexibility index (Phi) is 4.77. The SMILES string of the molecule is COc1cc(C)c(C)cc1CCN(C)CN. The van der Waals surface area contributed by atoms with Crippen LogP contribution in [0.25, 0.3) is 0 Å². The van der Waals surface area contributed by atoms with Gasteiger partial charge in [-0.05, 0) is 50.1 Å². The lowest BCUT2D eigenvalue weighted by atomic mass is 10.0. The third-order valence-corrected chi connectivity index (χ3v) is 2.97. The van der Waals surface area contributed by atoms with Crippen molar-refractivity contribution in [3.63, 3.8) is 0 Å². The topological polar surface area (TPSA) is 38.5 Å². The number of nitrogens with zero attached hydrogens (tertiary/aromatic N) is 1. The van der Waals surface area contributed by atoms with Gasteiger partial charge in [-0.3, -0.25) is 4.90 Å². The zero-order valence-corrected chi connectivity index (χ0v) is 10.7. The first-order valence-corrected chi connectivity index (χ1v) is 5.61. The highest BCUT2D eigenvalue weighted by Crippen LogP contribution is 2.23. The Labute approximate surface area is 98.2 Å². The molecule has 0 amide bonds. The minimum atomic E-state index is 0.590. The number of rotatable bonds is 5. The molecular weight excluding hydrogens is 200 g/mol. The molecule has 0 radical (unpaired) electrons. The van der Waals surface area contributed by atoms with Crippen molar-refractivity contribution in [1.82, 2.24) is 4.90 Å². The molecule has 1 aromatic rings. The van der Waals surface area contributed by atoms with Crippen molar-refractivity contribution in [3.8, 4) is 5.75 Å². The lowest BCUT2D eigenvalue weighted by Crippen LogP contribution is -2.27. The van der Waals surface area contributed by atoms with Gasteiger partial charge in [0.05, 0.1) is 7.11 Å². The average molecular weight is 222 g/mol. The summed E-state index contributed by atoms with van der Waals surface area (Å²) >= 11 is 0. The molecule has 0 aromatic heterocycles. The van der Waals surface area contributed by atoms with Crippen LogP contribution in [0, 0.1) is 13.8 Å². The Bertz CT molecular complexity index is 350. The first-order chi connectivity index (χ1) is 7.58. The monoisotopic (exact) mass is 222 g/mol. The van der Waals surface area contributed by atoms with E-state index in [1.807, 2.05) is 7.05 Å². The molecule has 0 saturated heterocycles. The van der Waals surface area contributed by atoms with Crippen LogP contribution in [0.1, 0.15) is 16.7 Å². The summed E-state index contributed by atoms with van der Waals surface area (Å²) in [6, 6.07) is 4.31. The quantitative estimate of drug-likeness (QED) is 0.771. The molecule has 0 saturated carbocycles. The molecule has 0 aliphatic heterocycles. The lowest BCUT2D eigenvalue weighted by Gasteiger charge is -2.16. The average Bonchev–Trinajstić information content (AvgIpc) is 2.29. The Hall–Kier alpha value is -1.06. The van der Waals surface area contributed by atoms with Gasteiger partial charge in [-0.2, -0.15) is 0 Å².